The zero-order chi connectivity index (χ0) is 15.8. The fraction of sp³-hybridized carbons (Fsp3) is 0.467. The van der Waals surface area contributed by atoms with Gasteiger partial charge in [0.25, 0.3) is 0 Å². The Kier molecular flexibility index (Phi) is 7.49. The predicted octanol–water partition coefficient (Wildman–Crippen LogP) is 2.53. The highest BCUT2D eigenvalue weighted by Gasteiger charge is 2.18. The Balaban J connectivity index is 2.96. The Morgan fingerprint density at radius 2 is 1.62 bits per heavy atom. The number of aryl methyl sites for hydroxylation is 1. The van der Waals surface area contributed by atoms with Gasteiger partial charge in [0.15, 0.2) is 0 Å². The minimum absolute atomic E-state index is 0.0214. The number of esters is 2. The quantitative estimate of drug-likeness (QED) is 0.516. The summed E-state index contributed by atoms with van der Waals surface area (Å²) in [7, 11) is 0. The van der Waals surface area contributed by atoms with Crippen LogP contribution in [-0.2, 0) is 19.1 Å². The van der Waals surface area contributed by atoms with E-state index in [2.05, 4.69) is 22.6 Å². The Bertz CT molecular complexity index is 484. The van der Waals surface area contributed by atoms with Crippen LogP contribution in [0.4, 0.5) is 5.69 Å². The van der Waals surface area contributed by atoms with Gasteiger partial charge in [-0.2, -0.15) is 0 Å². The van der Waals surface area contributed by atoms with E-state index in [9.17, 15) is 9.59 Å². The maximum Gasteiger partial charge on any atom is 0.325 e. The van der Waals surface area contributed by atoms with Crippen LogP contribution in [0.25, 0.3) is 0 Å². The second kappa shape index (κ2) is 8.86. The molecular weight excluding hydrogens is 385 g/mol. The van der Waals surface area contributed by atoms with E-state index in [4.69, 9.17) is 9.47 Å². The highest BCUT2D eigenvalue weighted by Crippen LogP contribution is 2.22. The van der Waals surface area contributed by atoms with Gasteiger partial charge < -0.3 is 14.4 Å². The van der Waals surface area contributed by atoms with E-state index in [1.165, 1.54) is 0 Å². The smallest absolute Gasteiger partial charge is 0.325 e. The van der Waals surface area contributed by atoms with Gasteiger partial charge in [0.1, 0.15) is 13.1 Å². The molecule has 6 heteroatoms. The van der Waals surface area contributed by atoms with E-state index in [1.807, 2.05) is 25.1 Å². The van der Waals surface area contributed by atoms with E-state index in [1.54, 1.807) is 18.7 Å². The zero-order valence-electron chi connectivity index (χ0n) is 12.5. The minimum atomic E-state index is -0.361. The van der Waals surface area contributed by atoms with Crippen molar-refractivity contribution in [1.29, 1.82) is 0 Å². The third kappa shape index (κ3) is 5.91. The first-order valence-corrected chi connectivity index (χ1v) is 7.88. The summed E-state index contributed by atoms with van der Waals surface area (Å²) in [5, 5.41) is 0. The monoisotopic (exact) mass is 405 g/mol. The molecule has 116 valence electrons. The van der Waals surface area contributed by atoms with Crippen molar-refractivity contribution in [3.63, 3.8) is 0 Å². The molecule has 0 unspecified atom stereocenters. The van der Waals surface area contributed by atoms with E-state index in [0.717, 1.165) is 14.8 Å². The largest absolute Gasteiger partial charge is 0.465 e. The average molecular weight is 405 g/mol. The Morgan fingerprint density at radius 1 is 1.10 bits per heavy atom. The van der Waals surface area contributed by atoms with Crippen molar-refractivity contribution < 1.29 is 19.1 Å². The molecule has 21 heavy (non-hydrogen) atoms. The molecule has 0 atom stereocenters. The summed E-state index contributed by atoms with van der Waals surface area (Å²) in [6.45, 7) is 6.12. The van der Waals surface area contributed by atoms with Crippen molar-refractivity contribution in [2.45, 2.75) is 20.8 Å². The lowest BCUT2D eigenvalue weighted by molar-refractivity contribution is -0.142. The molecule has 0 saturated heterocycles. The minimum Gasteiger partial charge on any atom is -0.465 e. The van der Waals surface area contributed by atoms with Gasteiger partial charge in [-0.3, -0.25) is 9.59 Å². The van der Waals surface area contributed by atoms with E-state index in [-0.39, 0.29) is 25.0 Å². The second-order valence-corrected chi connectivity index (χ2v) is 5.64. The highest BCUT2D eigenvalue weighted by molar-refractivity contribution is 14.1. The number of nitrogens with zero attached hydrogens (tertiary/aromatic N) is 1. The van der Waals surface area contributed by atoms with Crippen LogP contribution in [0.3, 0.4) is 0 Å². The van der Waals surface area contributed by atoms with Crippen LogP contribution >= 0.6 is 22.6 Å². The molecular formula is C15H20INO4. The van der Waals surface area contributed by atoms with E-state index < -0.39 is 0 Å². The number of rotatable bonds is 7. The molecule has 0 aromatic heterocycles. The molecule has 0 aliphatic carbocycles. The molecule has 1 aromatic rings. The fourth-order valence-electron chi connectivity index (χ4n) is 1.87. The van der Waals surface area contributed by atoms with Crippen molar-refractivity contribution in [3.8, 4) is 0 Å². The molecule has 0 N–H and O–H groups in total. The van der Waals surface area contributed by atoms with Gasteiger partial charge in [-0.1, -0.05) is 6.07 Å². The number of carbonyl (C=O) groups is 2. The molecule has 5 nitrogen and oxygen atoms in total. The number of benzene rings is 1. The number of hydrogen-bond acceptors (Lipinski definition) is 5. The summed E-state index contributed by atoms with van der Waals surface area (Å²) in [6, 6.07) is 5.88. The topological polar surface area (TPSA) is 55.8 Å². The van der Waals surface area contributed by atoms with Crippen LogP contribution in [0.5, 0.6) is 0 Å². The summed E-state index contributed by atoms with van der Waals surface area (Å²) in [4.78, 5) is 25.2. The van der Waals surface area contributed by atoms with Gasteiger partial charge in [0, 0.05) is 9.26 Å². The van der Waals surface area contributed by atoms with Crippen molar-refractivity contribution in [2.75, 3.05) is 31.2 Å². The SMILES string of the molecule is CCOC(=O)CN(CC(=O)OCC)c1cc(I)ccc1C. The molecule has 0 radical (unpaired) electrons. The third-order valence-electron chi connectivity index (χ3n) is 2.76. The second-order valence-electron chi connectivity index (χ2n) is 4.40. The first-order chi connectivity index (χ1) is 9.97. The maximum atomic E-state index is 11.7. The Hall–Kier alpha value is -1.31. The molecule has 1 aromatic carbocycles. The first kappa shape index (κ1) is 17.7. The van der Waals surface area contributed by atoms with E-state index in [0.29, 0.717) is 13.2 Å². The summed E-state index contributed by atoms with van der Waals surface area (Å²) >= 11 is 2.20. The van der Waals surface area contributed by atoms with E-state index >= 15 is 0 Å². The number of carbonyl (C=O) groups excluding carboxylic acids is 2. The molecule has 0 aliphatic heterocycles. The van der Waals surface area contributed by atoms with Gasteiger partial charge >= 0.3 is 11.9 Å². The molecule has 0 fully saturated rings. The van der Waals surface area contributed by atoms with Crippen molar-refractivity contribution >= 4 is 40.2 Å². The highest BCUT2D eigenvalue weighted by atomic mass is 127. The van der Waals surface area contributed by atoms with Crippen molar-refractivity contribution in [3.05, 3.63) is 27.3 Å². The van der Waals surface area contributed by atoms with Crippen LogP contribution in [-0.4, -0.2) is 38.2 Å². The number of hydrogen-bond donors (Lipinski definition) is 0. The first-order valence-electron chi connectivity index (χ1n) is 6.80. The molecule has 1 rings (SSSR count). The fourth-order valence-corrected chi connectivity index (χ4v) is 2.35. The van der Waals surface area contributed by atoms with Crippen LogP contribution in [0, 0.1) is 10.5 Å². The van der Waals surface area contributed by atoms with Crippen LogP contribution in [0.2, 0.25) is 0 Å². The molecule has 0 bridgehead atoms. The average Bonchev–Trinajstić information content (AvgIpc) is 2.41. The molecule has 0 amide bonds. The van der Waals surface area contributed by atoms with Crippen LogP contribution in [0.1, 0.15) is 19.4 Å². The normalized spacial score (nSPS) is 10.1. The van der Waals surface area contributed by atoms with Crippen molar-refractivity contribution in [1.82, 2.24) is 0 Å². The van der Waals surface area contributed by atoms with Gasteiger partial charge in [-0.15, -0.1) is 0 Å². The summed E-state index contributed by atoms with van der Waals surface area (Å²) < 4.78 is 11.0. The number of ether oxygens (including phenoxy) is 2. The van der Waals surface area contributed by atoms with Gasteiger partial charge in [-0.05, 0) is 61.1 Å². The van der Waals surface area contributed by atoms with Crippen LogP contribution in [0.15, 0.2) is 18.2 Å². The van der Waals surface area contributed by atoms with Gasteiger partial charge in [-0.25, -0.2) is 0 Å². The Morgan fingerprint density at radius 3 is 2.10 bits per heavy atom. The Labute approximate surface area is 138 Å². The number of halogens is 1. The van der Waals surface area contributed by atoms with Crippen LogP contribution < -0.4 is 4.90 Å². The van der Waals surface area contributed by atoms with Gasteiger partial charge in [0.2, 0.25) is 0 Å². The lowest BCUT2D eigenvalue weighted by Gasteiger charge is -2.24. The van der Waals surface area contributed by atoms with Crippen molar-refractivity contribution in [2.24, 2.45) is 0 Å². The lowest BCUT2D eigenvalue weighted by atomic mass is 10.2. The summed E-state index contributed by atoms with van der Waals surface area (Å²) in [5.74, 6) is -0.722. The summed E-state index contributed by atoms with van der Waals surface area (Å²) in [5.41, 5.74) is 1.83. The molecule has 0 spiro atoms. The summed E-state index contributed by atoms with van der Waals surface area (Å²) in [6.07, 6.45) is 0. The standard InChI is InChI=1S/C15H20INO4/c1-4-20-14(18)9-17(10-15(19)21-5-2)13-8-12(16)7-6-11(13)3/h6-8H,4-5,9-10H2,1-3H3. The predicted molar refractivity (Wildman–Crippen MR) is 89.4 cm³/mol. The third-order valence-corrected chi connectivity index (χ3v) is 3.43. The maximum absolute atomic E-state index is 11.7. The molecule has 0 heterocycles. The molecule has 0 aliphatic rings. The molecule has 0 saturated carbocycles. The zero-order valence-corrected chi connectivity index (χ0v) is 14.7. The number of anilines is 1. The van der Waals surface area contributed by atoms with Gasteiger partial charge in [0.05, 0.1) is 13.2 Å². The lowest BCUT2D eigenvalue weighted by Crippen LogP contribution is -2.36.